The van der Waals surface area contributed by atoms with Gasteiger partial charge in [0.05, 0.1) is 11.8 Å². The molecule has 1 aliphatic rings. The minimum atomic E-state index is -0.337. The van der Waals surface area contributed by atoms with E-state index in [-0.39, 0.29) is 12.0 Å². The van der Waals surface area contributed by atoms with Crippen LogP contribution in [0, 0.1) is 12.8 Å². The quantitative estimate of drug-likeness (QED) is 0.639. The number of aromatic nitrogens is 3. The van der Waals surface area contributed by atoms with Crippen molar-refractivity contribution in [2.45, 2.75) is 38.1 Å². The molecule has 2 aromatic rings. The second-order valence-corrected chi connectivity index (χ2v) is 7.20. The zero-order valence-corrected chi connectivity index (χ0v) is 14.3. The summed E-state index contributed by atoms with van der Waals surface area (Å²) in [6, 6.07) is 1.94. The van der Waals surface area contributed by atoms with Crippen LogP contribution in [-0.2, 0) is 13.0 Å². The minimum absolute atomic E-state index is 0.179. The summed E-state index contributed by atoms with van der Waals surface area (Å²) in [4.78, 5) is 11.0. The fourth-order valence-electron chi connectivity index (χ4n) is 2.93. The van der Waals surface area contributed by atoms with Crippen molar-refractivity contribution < 1.29 is 9.63 Å². The molecule has 0 saturated carbocycles. The van der Waals surface area contributed by atoms with Gasteiger partial charge in [-0.25, -0.2) is 9.97 Å². The first-order chi connectivity index (χ1) is 11.1. The maximum Gasteiger partial charge on any atom is 0.187 e. The van der Waals surface area contributed by atoms with Gasteiger partial charge in [-0.15, -0.1) is 0 Å². The molecule has 3 heterocycles. The number of hydrogen-bond acceptors (Lipinski definition) is 7. The summed E-state index contributed by atoms with van der Waals surface area (Å²) < 4.78 is 5.26. The van der Waals surface area contributed by atoms with Crippen LogP contribution in [0.25, 0.3) is 0 Å². The van der Waals surface area contributed by atoms with E-state index >= 15 is 0 Å². The maximum atomic E-state index is 10.3. The van der Waals surface area contributed by atoms with Gasteiger partial charge in [-0.1, -0.05) is 23.8 Å². The number of rotatable bonds is 6. The Hall–Kier alpha value is -1.44. The number of thioether (sulfide) groups is 1. The Morgan fingerprint density at radius 1 is 1.35 bits per heavy atom. The van der Waals surface area contributed by atoms with Crippen molar-refractivity contribution in [3.8, 4) is 0 Å². The van der Waals surface area contributed by atoms with Crippen LogP contribution in [0.5, 0.6) is 0 Å². The van der Waals surface area contributed by atoms with E-state index in [1.54, 1.807) is 11.8 Å². The van der Waals surface area contributed by atoms with Gasteiger partial charge in [0.15, 0.2) is 5.16 Å². The third-order valence-electron chi connectivity index (χ3n) is 3.98. The van der Waals surface area contributed by atoms with Gasteiger partial charge in [0.1, 0.15) is 5.76 Å². The van der Waals surface area contributed by atoms with Gasteiger partial charge in [0.25, 0.3) is 0 Å². The molecule has 0 bridgehead atoms. The SMILES string of the molecule is CCSc1ncc(CN2C[C@@H](Cc3cc(C)no3)[C@H](O)C2)cn1. The average molecular weight is 334 g/mol. The molecule has 6 nitrogen and oxygen atoms in total. The van der Waals surface area contributed by atoms with Crippen molar-refractivity contribution in [1.82, 2.24) is 20.0 Å². The lowest BCUT2D eigenvalue weighted by atomic mass is 10.0. The summed E-state index contributed by atoms with van der Waals surface area (Å²) in [5.41, 5.74) is 1.96. The number of hydrogen-bond donors (Lipinski definition) is 1. The topological polar surface area (TPSA) is 75.3 Å². The predicted molar refractivity (Wildman–Crippen MR) is 88.1 cm³/mol. The standard InChI is InChI=1S/C16H22N4O2S/c1-3-23-16-17-6-12(7-18-16)8-20-9-13(15(21)10-20)5-14-4-11(2)19-22-14/h4,6-7,13,15,21H,3,5,8-10H2,1-2H3/t13-,15-/m1/s1. The second kappa shape index (κ2) is 7.42. The molecule has 0 amide bonds. The van der Waals surface area contributed by atoms with E-state index < -0.39 is 0 Å². The van der Waals surface area contributed by atoms with Crippen LogP contribution in [0.1, 0.15) is 23.9 Å². The maximum absolute atomic E-state index is 10.3. The molecule has 0 aromatic carbocycles. The molecule has 0 radical (unpaired) electrons. The molecule has 23 heavy (non-hydrogen) atoms. The van der Waals surface area contributed by atoms with Gasteiger partial charge < -0.3 is 9.63 Å². The number of likely N-dealkylation sites (tertiary alicyclic amines) is 1. The van der Waals surface area contributed by atoms with Crippen LogP contribution < -0.4 is 0 Å². The van der Waals surface area contributed by atoms with E-state index in [9.17, 15) is 5.11 Å². The smallest absolute Gasteiger partial charge is 0.187 e. The minimum Gasteiger partial charge on any atom is -0.391 e. The highest BCUT2D eigenvalue weighted by Crippen LogP contribution is 2.23. The van der Waals surface area contributed by atoms with Gasteiger partial charge in [0, 0.05) is 56.0 Å². The lowest BCUT2D eigenvalue weighted by molar-refractivity contribution is 0.137. The molecule has 124 valence electrons. The molecule has 0 spiro atoms. The number of nitrogens with zero attached hydrogens (tertiary/aromatic N) is 4. The van der Waals surface area contributed by atoms with E-state index in [4.69, 9.17) is 4.52 Å². The number of aliphatic hydroxyl groups is 1. The normalized spacial score (nSPS) is 21.9. The van der Waals surface area contributed by atoms with Crippen molar-refractivity contribution in [3.05, 3.63) is 35.5 Å². The fourth-order valence-corrected chi connectivity index (χ4v) is 3.44. The first-order valence-corrected chi connectivity index (χ1v) is 8.89. The van der Waals surface area contributed by atoms with E-state index in [1.807, 2.05) is 25.4 Å². The second-order valence-electron chi connectivity index (χ2n) is 5.97. The molecular formula is C16H22N4O2S. The van der Waals surface area contributed by atoms with Gasteiger partial charge in [0.2, 0.25) is 0 Å². The van der Waals surface area contributed by atoms with E-state index in [1.165, 1.54) is 0 Å². The van der Waals surface area contributed by atoms with Crippen molar-refractivity contribution in [2.75, 3.05) is 18.8 Å². The lowest BCUT2D eigenvalue weighted by Gasteiger charge is -2.14. The van der Waals surface area contributed by atoms with E-state index in [2.05, 4.69) is 26.9 Å². The summed E-state index contributed by atoms with van der Waals surface area (Å²) in [6.45, 7) is 6.27. The largest absolute Gasteiger partial charge is 0.391 e. The first-order valence-electron chi connectivity index (χ1n) is 7.90. The van der Waals surface area contributed by atoms with E-state index in [0.29, 0.717) is 6.54 Å². The Balaban J connectivity index is 1.55. The van der Waals surface area contributed by atoms with Crippen LogP contribution in [-0.4, -0.2) is 50.1 Å². The van der Waals surface area contributed by atoms with Gasteiger partial charge in [-0.2, -0.15) is 0 Å². The van der Waals surface area contributed by atoms with Crippen LogP contribution in [0.2, 0.25) is 0 Å². The Morgan fingerprint density at radius 3 is 2.78 bits per heavy atom. The van der Waals surface area contributed by atoms with E-state index in [0.717, 1.165) is 47.4 Å². The molecule has 1 aliphatic heterocycles. The summed E-state index contributed by atoms with van der Waals surface area (Å²) >= 11 is 1.64. The third kappa shape index (κ3) is 4.31. The number of β-amino-alcohol motifs (C(OH)–C–C–N with tert-alkyl or cyclic N) is 1. The molecular weight excluding hydrogens is 312 g/mol. The highest BCUT2D eigenvalue weighted by Gasteiger charge is 2.32. The molecule has 1 saturated heterocycles. The summed E-state index contributed by atoms with van der Waals surface area (Å²) in [7, 11) is 0. The zero-order chi connectivity index (χ0) is 16.2. The van der Waals surface area contributed by atoms with Crippen LogP contribution >= 0.6 is 11.8 Å². The molecule has 2 atom stereocenters. The number of aliphatic hydroxyl groups excluding tert-OH is 1. The summed E-state index contributed by atoms with van der Waals surface area (Å²) in [5.74, 6) is 2.00. The number of aryl methyl sites for hydroxylation is 1. The van der Waals surface area contributed by atoms with Crippen molar-refractivity contribution in [3.63, 3.8) is 0 Å². The first kappa shape index (κ1) is 16.4. The zero-order valence-electron chi connectivity index (χ0n) is 13.5. The van der Waals surface area contributed by atoms with Gasteiger partial charge >= 0.3 is 0 Å². The monoisotopic (exact) mass is 334 g/mol. The Morgan fingerprint density at radius 2 is 2.13 bits per heavy atom. The fraction of sp³-hybridized carbons (Fsp3) is 0.562. The molecule has 7 heteroatoms. The van der Waals surface area contributed by atoms with Crippen molar-refractivity contribution in [1.29, 1.82) is 0 Å². The summed E-state index contributed by atoms with van der Waals surface area (Å²) in [6.07, 6.45) is 4.15. The van der Waals surface area contributed by atoms with Crippen molar-refractivity contribution in [2.24, 2.45) is 5.92 Å². The third-order valence-corrected chi connectivity index (χ3v) is 4.74. The highest BCUT2D eigenvalue weighted by molar-refractivity contribution is 7.99. The molecule has 3 rings (SSSR count). The highest BCUT2D eigenvalue weighted by atomic mass is 32.2. The van der Waals surface area contributed by atoms with Crippen LogP contribution in [0.15, 0.2) is 28.1 Å². The molecule has 0 unspecified atom stereocenters. The Kier molecular flexibility index (Phi) is 5.30. The van der Waals surface area contributed by atoms with Gasteiger partial charge in [-0.05, 0) is 12.7 Å². The lowest BCUT2D eigenvalue weighted by Crippen LogP contribution is -2.21. The van der Waals surface area contributed by atoms with Crippen LogP contribution in [0.4, 0.5) is 0 Å². The molecule has 0 aliphatic carbocycles. The Labute approximate surface area is 140 Å². The summed E-state index contributed by atoms with van der Waals surface area (Å²) in [5, 5.41) is 15.0. The van der Waals surface area contributed by atoms with Crippen LogP contribution in [0.3, 0.4) is 0 Å². The van der Waals surface area contributed by atoms with Gasteiger partial charge in [-0.3, -0.25) is 4.90 Å². The predicted octanol–water partition coefficient (Wildman–Crippen LogP) is 1.92. The molecule has 1 N–H and O–H groups in total. The molecule has 1 fully saturated rings. The van der Waals surface area contributed by atoms with Crippen molar-refractivity contribution >= 4 is 11.8 Å². The average Bonchev–Trinajstić information content (AvgIpc) is 3.08. The molecule has 2 aromatic heterocycles. The Bertz CT molecular complexity index is 631.